The molecule has 0 spiro atoms. The summed E-state index contributed by atoms with van der Waals surface area (Å²) in [5.41, 5.74) is 2.29. The van der Waals surface area contributed by atoms with Gasteiger partial charge in [-0.05, 0) is 67.9 Å². The Morgan fingerprint density at radius 1 is 1.20 bits per heavy atom. The van der Waals surface area contributed by atoms with Gasteiger partial charge in [-0.25, -0.2) is 0 Å². The maximum absolute atomic E-state index is 12.3. The van der Waals surface area contributed by atoms with Crippen molar-refractivity contribution < 1.29 is 13.9 Å². The number of nitrogens with one attached hydrogen (secondary N) is 1. The highest BCUT2D eigenvalue weighted by Crippen LogP contribution is 2.18. The summed E-state index contributed by atoms with van der Waals surface area (Å²) in [4.78, 5) is 16.6. The zero-order chi connectivity index (χ0) is 17.6. The molecule has 0 aliphatic heterocycles. The predicted octanol–water partition coefficient (Wildman–Crippen LogP) is 4.06. The van der Waals surface area contributed by atoms with Crippen LogP contribution < -0.4 is 10.1 Å². The van der Waals surface area contributed by atoms with E-state index in [1.54, 1.807) is 36.7 Å². The van der Waals surface area contributed by atoms with Crippen molar-refractivity contribution in [3.63, 3.8) is 0 Å². The van der Waals surface area contributed by atoms with E-state index in [2.05, 4.69) is 10.3 Å². The average Bonchev–Trinajstić information content (AvgIpc) is 3.15. The number of pyridine rings is 1. The van der Waals surface area contributed by atoms with E-state index in [0.717, 1.165) is 17.0 Å². The Morgan fingerprint density at radius 2 is 2.00 bits per heavy atom. The van der Waals surface area contributed by atoms with Crippen LogP contribution >= 0.6 is 0 Å². The van der Waals surface area contributed by atoms with Crippen LogP contribution in [0.4, 0.5) is 0 Å². The minimum Gasteiger partial charge on any atom is -0.491 e. The van der Waals surface area contributed by atoms with E-state index in [-0.39, 0.29) is 12.0 Å². The lowest BCUT2D eigenvalue weighted by molar-refractivity contribution is 0.0951. The predicted molar refractivity (Wildman–Crippen MR) is 95.3 cm³/mol. The maximum atomic E-state index is 12.3. The second-order valence-electron chi connectivity index (χ2n) is 5.90. The molecule has 1 N–H and O–H groups in total. The van der Waals surface area contributed by atoms with Crippen molar-refractivity contribution in [2.45, 2.75) is 26.5 Å². The summed E-state index contributed by atoms with van der Waals surface area (Å²) in [6.45, 7) is 4.35. The summed E-state index contributed by atoms with van der Waals surface area (Å²) in [6, 6.07) is 14.6. The molecule has 0 bridgehead atoms. The summed E-state index contributed by atoms with van der Waals surface area (Å²) in [6.07, 6.45) is 3.42. The average molecular weight is 336 g/mol. The molecule has 25 heavy (non-hydrogen) atoms. The molecule has 0 saturated heterocycles. The third-order valence-electron chi connectivity index (χ3n) is 3.54. The Bertz CT molecular complexity index is 824. The van der Waals surface area contributed by atoms with Gasteiger partial charge in [-0.3, -0.25) is 9.78 Å². The second kappa shape index (κ2) is 7.66. The van der Waals surface area contributed by atoms with Crippen LogP contribution in [0.2, 0.25) is 0 Å². The molecule has 2 aromatic heterocycles. The molecule has 5 nitrogen and oxygen atoms in total. The molecule has 1 aromatic carbocycles. The molecule has 0 aliphatic carbocycles. The molecule has 3 aromatic rings. The van der Waals surface area contributed by atoms with E-state index in [1.807, 2.05) is 38.1 Å². The smallest absolute Gasteiger partial charge is 0.251 e. The van der Waals surface area contributed by atoms with Gasteiger partial charge in [-0.1, -0.05) is 0 Å². The zero-order valence-electron chi connectivity index (χ0n) is 14.2. The first kappa shape index (κ1) is 16.8. The van der Waals surface area contributed by atoms with Crippen molar-refractivity contribution in [3.8, 4) is 17.2 Å². The highest BCUT2D eigenvalue weighted by atomic mass is 16.5. The number of nitrogens with zero attached hydrogens (tertiary/aromatic N) is 1. The van der Waals surface area contributed by atoms with E-state index in [1.165, 1.54) is 0 Å². The quantitative estimate of drug-likeness (QED) is 0.737. The number of aromatic nitrogens is 1. The van der Waals surface area contributed by atoms with E-state index in [9.17, 15) is 4.79 Å². The summed E-state index contributed by atoms with van der Waals surface area (Å²) in [5.74, 6) is 1.32. The van der Waals surface area contributed by atoms with Crippen molar-refractivity contribution >= 4 is 5.91 Å². The molecule has 0 radical (unpaired) electrons. The standard InChI is InChI=1S/C20H20N2O3/c1-14(2)25-17-7-5-16(6-8-17)20(23)22-13-15-9-10-21-18(12-15)19-4-3-11-24-19/h3-12,14H,13H2,1-2H3,(H,22,23). The molecule has 128 valence electrons. The number of amides is 1. The Kier molecular flexibility index (Phi) is 5.14. The van der Waals surface area contributed by atoms with Gasteiger partial charge in [0.2, 0.25) is 0 Å². The summed E-state index contributed by atoms with van der Waals surface area (Å²) in [7, 11) is 0. The fraction of sp³-hybridized carbons (Fsp3) is 0.200. The lowest BCUT2D eigenvalue weighted by atomic mass is 10.1. The van der Waals surface area contributed by atoms with Crippen LogP contribution in [0.15, 0.2) is 65.4 Å². The van der Waals surface area contributed by atoms with Gasteiger partial charge in [-0.15, -0.1) is 0 Å². The van der Waals surface area contributed by atoms with Gasteiger partial charge in [0.25, 0.3) is 5.91 Å². The highest BCUT2D eigenvalue weighted by molar-refractivity contribution is 5.94. The molecule has 0 saturated carbocycles. The van der Waals surface area contributed by atoms with Crippen LogP contribution in [0.25, 0.3) is 11.5 Å². The molecule has 0 atom stereocenters. The lowest BCUT2D eigenvalue weighted by Gasteiger charge is -2.10. The largest absolute Gasteiger partial charge is 0.491 e. The molecule has 0 fully saturated rings. The minimum atomic E-state index is -0.132. The number of ether oxygens (including phenoxy) is 1. The van der Waals surface area contributed by atoms with Gasteiger partial charge in [0.1, 0.15) is 11.4 Å². The third kappa shape index (κ3) is 4.47. The monoisotopic (exact) mass is 336 g/mol. The number of hydrogen-bond donors (Lipinski definition) is 1. The molecule has 3 rings (SSSR count). The molecule has 0 aliphatic rings. The first-order valence-corrected chi connectivity index (χ1v) is 8.15. The van der Waals surface area contributed by atoms with Gasteiger partial charge in [-0.2, -0.15) is 0 Å². The van der Waals surface area contributed by atoms with E-state index < -0.39 is 0 Å². The molecular formula is C20H20N2O3. The molecular weight excluding hydrogens is 316 g/mol. The van der Waals surface area contributed by atoms with Crippen molar-refractivity contribution in [2.24, 2.45) is 0 Å². The zero-order valence-corrected chi connectivity index (χ0v) is 14.2. The second-order valence-corrected chi connectivity index (χ2v) is 5.90. The summed E-state index contributed by atoms with van der Waals surface area (Å²) >= 11 is 0. The van der Waals surface area contributed by atoms with Crippen molar-refractivity contribution in [1.82, 2.24) is 10.3 Å². The topological polar surface area (TPSA) is 64.4 Å². The molecule has 0 unspecified atom stereocenters. The van der Waals surface area contributed by atoms with Crippen LogP contribution in [-0.4, -0.2) is 17.0 Å². The Morgan fingerprint density at radius 3 is 2.68 bits per heavy atom. The molecule has 2 heterocycles. The molecule has 5 heteroatoms. The fourth-order valence-corrected chi connectivity index (χ4v) is 2.38. The van der Waals surface area contributed by atoms with Crippen molar-refractivity contribution in [1.29, 1.82) is 0 Å². The SMILES string of the molecule is CC(C)Oc1ccc(C(=O)NCc2ccnc(-c3ccco3)c2)cc1. The van der Waals surface area contributed by atoms with E-state index >= 15 is 0 Å². The van der Waals surface area contributed by atoms with Gasteiger partial charge >= 0.3 is 0 Å². The van der Waals surface area contributed by atoms with Crippen LogP contribution in [0.1, 0.15) is 29.8 Å². The van der Waals surface area contributed by atoms with Gasteiger partial charge in [0.05, 0.1) is 12.4 Å². The Hall–Kier alpha value is -3.08. The van der Waals surface area contributed by atoms with Gasteiger partial charge in [0, 0.05) is 18.3 Å². The van der Waals surface area contributed by atoms with Crippen LogP contribution in [0.5, 0.6) is 5.75 Å². The summed E-state index contributed by atoms with van der Waals surface area (Å²) < 4.78 is 10.9. The number of hydrogen-bond acceptors (Lipinski definition) is 4. The van der Waals surface area contributed by atoms with E-state index in [4.69, 9.17) is 9.15 Å². The maximum Gasteiger partial charge on any atom is 0.251 e. The Balaban J connectivity index is 1.61. The van der Waals surface area contributed by atoms with Crippen LogP contribution in [0.3, 0.4) is 0 Å². The normalized spacial score (nSPS) is 10.7. The number of rotatable bonds is 6. The third-order valence-corrected chi connectivity index (χ3v) is 3.54. The minimum absolute atomic E-state index is 0.106. The Labute approximate surface area is 146 Å². The first-order chi connectivity index (χ1) is 12.1. The van der Waals surface area contributed by atoms with Crippen LogP contribution in [0, 0.1) is 0 Å². The summed E-state index contributed by atoms with van der Waals surface area (Å²) in [5, 5.41) is 2.91. The highest BCUT2D eigenvalue weighted by Gasteiger charge is 2.08. The first-order valence-electron chi connectivity index (χ1n) is 8.15. The fourth-order valence-electron chi connectivity index (χ4n) is 2.38. The number of carbonyl (C=O) groups excluding carboxylic acids is 1. The number of benzene rings is 1. The van der Waals surface area contributed by atoms with Crippen LogP contribution in [-0.2, 0) is 6.54 Å². The van der Waals surface area contributed by atoms with Crippen molar-refractivity contribution in [3.05, 3.63) is 72.1 Å². The van der Waals surface area contributed by atoms with Crippen molar-refractivity contribution in [2.75, 3.05) is 0 Å². The van der Waals surface area contributed by atoms with E-state index in [0.29, 0.717) is 17.9 Å². The number of furan rings is 1. The van der Waals surface area contributed by atoms with Gasteiger partial charge < -0.3 is 14.5 Å². The lowest BCUT2D eigenvalue weighted by Crippen LogP contribution is -2.22. The van der Waals surface area contributed by atoms with Gasteiger partial charge in [0.15, 0.2) is 5.76 Å². The molecule has 1 amide bonds. The number of carbonyl (C=O) groups is 1.